The fraction of sp³-hybridized carbons (Fsp3) is 0.120. The van der Waals surface area contributed by atoms with Crippen molar-refractivity contribution in [1.29, 1.82) is 0 Å². The second-order valence-electron chi connectivity index (χ2n) is 8.24. The molecule has 2 heterocycles. The molecule has 196 valence electrons. The van der Waals surface area contributed by atoms with Crippen LogP contribution < -0.4 is 20.7 Å². The van der Waals surface area contributed by atoms with Crippen molar-refractivity contribution in [1.82, 2.24) is 10.3 Å². The van der Waals surface area contributed by atoms with Crippen LogP contribution in [0.25, 0.3) is 11.6 Å². The van der Waals surface area contributed by atoms with E-state index >= 15 is 0 Å². The second kappa shape index (κ2) is 9.76. The smallest absolute Gasteiger partial charge is 0.449 e. The van der Waals surface area contributed by atoms with Crippen LogP contribution in [0.3, 0.4) is 0 Å². The highest BCUT2D eigenvalue weighted by atomic mass is 19.4. The number of aromatic amines is 1. The number of rotatable bonds is 4. The summed E-state index contributed by atoms with van der Waals surface area (Å²) in [5, 5.41) is 16.0. The Bertz CT molecular complexity index is 1510. The van der Waals surface area contributed by atoms with Crippen molar-refractivity contribution in [3.8, 4) is 5.75 Å². The number of fused-ring (bicyclic) bond motifs is 1. The van der Waals surface area contributed by atoms with Crippen LogP contribution in [0.2, 0.25) is 0 Å². The summed E-state index contributed by atoms with van der Waals surface area (Å²) in [5.74, 6) is -1.20. The molecule has 0 radical (unpaired) electrons. The van der Waals surface area contributed by atoms with Crippen molar-refractivity contribution >= 4 is 47.0 Å². The van der Waals surface area contributed by atoms with E-state index in [4.69, 9.17) is 9.84 Å². The molecule has 0 bridgehead atoms. The molecule has 10 nitrogen and oxygen atoms in total. The van der Waals surface area contributed by atoms with Crippen LogP contribution in [0.1, 0.15) is 38.4 Å². The van der Waals surface area contributed by atoms with E-state index in [2.05, 4.69) is 15.6 Å². The maximum Gasteiger partial charge on any atom is 0.511 e. The van der Waals surface area contributed by atoms with Gasteiger partial charge in [-0.3, -0.25) is 14.9 Å². The van der Waals surface area contributed by atoms with Crippen LogP contribution in [0.4, 0.5) is 34.1 Å². The molecule has 0 aliphatic carbocycles. The van der Waals surface area contributed by atoms with Crippen LogP contribution in [-0.2, 0) is 11.0 Å². The quantitative estimate of drug-likeness (QED) is 0.233. The Morgan fingerprint density at radius 1 is 1.05 bits per heavy atom. The number of alkyl halides is 3. The maximum atomic E-state index is 12.7. The number of hydrogen-bond acceptors (Lipinski definition) is 5. The molecule has 4 rings (SSSR count). The van der Waals surface area contributed by atoms with E-state index in [1.807, 2.05) is 5.32 Å². The van der Waals surface area contributed by atoms with E-state index in [9.17, 15) is 32.3 Å². The summed E-state index contributed by atoms with van der Waals surface area (Å²) in [6, 6.07) is 6.95. The lowest BCUT2D eigenvalue weighted by molar-refractivity contribution is -0.137. The number of anilines is 2. The second-order valence-corrected chi connectivity index (χ2v) is 8.24. The topological polar surface area (TPSA) is 150 Å². The van der Waals surface area contributed by atoms with E-state index in [1.165, 1.54) is 12.1 Å². The van der Waals surface area contributed by atoms with Gasteiger partial charge in [0.25, 0.3) is 11.8 Å². The average Bonchev–Trinajstić information content (AvgIpc) is 3.28. The van der Waals surface area contributed by atoms with Gasteiger partial charge in [0, 0.05) is 28.1 Å². The van der Waals surface area contributed by atoms with E-state index < -0.39 is 35.7 Å². The molecule has 13 heteroatoms. The number of aryl methyl sites for hydroxylation is 1. The number of ether oxygens (including phenoxy) is 1. The number of H-pyrrole nitrogens is 1. The summed E-state index contributed by atoms with van der Waals surface area (Å²) in [4.78, 5) is 51.0. The van der Waals surface area contributed by atoms with Crippen molar-refractivity contribution in [3.05, 3.63) is 76.1 Å². The minimum atomic E-state index is -4.55. The van der Waals surface area contributed by atoms with Crippen molar-refractivity contribution in [3.63, 3.8) is 0 Å². The lowest BCUT2D eigenvalue weighted by Crippen LogP contribution is -2.34. The molecule has 0 saturated heterocycles. The van der Waals surface area contributed by atoms with Gasteiger partial charge < -0.3 is 25.5 Å². The first-order valence-electron chi connectivity index (χ1n) is 10.9. The highest BCUT2D eigenvalue weighted by Crippen LogP contribution is 2.37. The highest BCUT2D eigenvalue weighted by molar-refractivity contribution is 6.35. The predicted octanol–water partition coefficient (Wildman–Crippen LogP) is 5.16. The summed E-state index contributed by atoms with van der Waals surface area (Å²) in [5.41, 5.74) is 1.74. The number of hydrogen-bond donors (Lipinski definition) is 5. The van der Waals surface area contributed by atoms with E-state index in [0.717, 1.165) is 24.3 Å². The molecule has 0 unspecified atom stereocenters. The van der Waals surface area contributed by atoms with Gasteiger partial charge in [-0.15, -0.1) is 0 Å². The van der Waals surface area contributed by atoms with Gasteiger partial charge in [0.1, 0.15) is 0 Å². The Kier molecular flexibility index (Phi) is 6.68. The molecule has 0 spiro atoms. The van der Waals surface area contributed by atoms with Crippen LogP contribution in [0.15, 0.2) is 42.5 Å². The lowest BCUT2D eigenvalue weighted by atomic mass is 10.0. The van der Waals surface area contributed by atoms with Crippen molar-refractivity contribution < 1.29 is 42.2 Å². The molecule has 0 fully saturated rings. The molecule has 2 aromatic carbocycles. The van der Waals surface area contributed by atoms with E-state index in [-0.39, 0.29) is 22.6 Å². The van der Waals surface area contributed by atoms with Gasteiger partial charge in [-0.2, -0.15) is 13.2 Å². The molecule has 3 aromatic rings. The number of halogens is 3. The number of aromatic nitrogens is 1. The number of carboxylic acid groups (broad SMARTS) is 1. The molecule has 5 N–H and O–H groups in total. The van der Waals surface area contributed by atoms with Crippen LogP contribution in [-0.4, -0.2) is 34.1 Å². The Morgan fingerprint density at radius 2 is 1.74 bits per heavy atom. The molecule has 1 aliphatic rings. The predicted molar refractivity (Wildman–Crippen MR) is 130 cm³/mol. The molecule has 4 amide bonds. The van der Waals surface area contributed by atoms with Gasteiger partial charge in [0.05, 0.1) is 22.5 Å². The van der Waals surface area contributed by atoms with Crippen molar-refractivity contribution in [2.45, 2.75) is 20.0 Å². The average molecular weight is 528 g/mol. The molecule has 38 heavy (non-hydrogen) atoms. The van der Waals surface area contributed by atoms with Crippen molar-refractivity contribution in [2.24, 2.45) is 0 Å². The third kappa shape index (κ3) is 5.36. The summed E-state index contributed by atoms with van der Waals surface area (Å²) in [6.45, 7) is 3.26. The Morgan fingerprint density at radius 3 is 2.37 bits per heavy atom. The van der Waals surface area contributed by atoms with E-state index in [0.29, 0.717) is 28.2 Å². The SMILES string of the molecule is Cc1[nH]c(/C=C2\C(=O)Nc3cc(NC(=O)NC(=O)c4ccc(C(F)(F)F)cc4)ccc32)c(C)c1OC(=O)O. The van der Waals surface area contributed by atoms with Gasteiger partial charge in [0.2, 0.25) is 0 Å². The summed E-state index contributed by atoms with van der Waals surface area (Å²) in [6.07, 6.45) is -4.48. The number of imide groups is 1. The third-order valence-corrected chi connectivity index (χ3v) is 5.65. The molecular weight excluding hydrogens is 509 g/mol. The van der Waals surface area contributed by atoms with Crippen molar-refractivity contribution in [2.75, 3.05) is 10.6 Å². The zero-order valence-electron chi connectivity index (χ0n) is 19.7. The van der Waals surface area contributed by atoms with Crippen LogP contribution in [0, 0.1) is 13.8 Å². The zero-order chi connectivity index (χ0) is 27.8. The number of nitrogens with one attached hydrogen (secondary N) is 4. The van der Waals surface area contributed by atoms with Gasteiger partial charge in [-0.25, -0.2) is 9.59 Å². The maximum absolute atomic E-state index is 12.7. The molecule has 1 aliphatic heterocycles. The largest absolute Gasteiger partial charge is 0.511 e. The minimum absolute atomic E-state index is 0.138. The number of urea groups is 1. The standard InChI is InChI=1S/C25H19F3N4O6/c1-11-18(29-12(2)20(11)38-24(36)37)10-17-16-8-7-15(9-19(16)31-22(17)34)30-23(35)32-21(33)13-3-5-14(6-4-13)25(26,27)28/h3-10,29H,1-2H3,(H,31,34)(H,36,37)(H2,30,32,33,35)/b17-10-. The lowest BCUT2D eigenvalue weighted by Gasteiger charge is -2.09. The highest BCUT2D eigenvalue weighted by Gasteiger charge is 2.30. The monoisotopic (exact) mass is 528 g/mol. The first-order valence-corrected chi connectivity index (χ1v) is 10.9. The van der Waals surface area contributed by atoms with E-state index in [1.54, 1.807) is 26.0 Å². The third-order valence-electron chi connectivity index (χ3n) is 5.65. The number of benzene rings is 2. The molecule has 1 aromatic heterocycles. The Hall–Kier alpha value is -5.07. The number of amides is 4. The normalized spacial score (nSPS) is 13.6. The summed E-state index contributed by atoms with van der Waals surface area (Å²) in [7, 11) is 0. The summed E-state index contributed by atoms with van der Waals surface area (Å²) >= 11 is 0. The van der Waals surface area contributed by atoms with Gasteiger partial charge >= 0.3 is 18.4 Å². The van der Waals surface area contributed by atoms with Crippen LogP contribution in [0.5, 0.6) is 5.75 Å². The first-order chi connectivity index (χ1) is 17.8. The molecular formula is C25H19F3N4O6. The Labute approximate surface area is 212 Å². The van der Waals surface area contributed by atoms with Gasteiger partial charge in [0.15, 0.2) is 5.75 Å². The van der Waals surface area contributed by atoms with Crippen LogP contribution >= 0.6 is 0 Å². The summed E-state index contributed by atoms with van der Waals surface area (Å²) < 4.78 is 42.8. The molecule has 0 atom stereocenters. The fourth-order valence-electron chi connectivity index (χ4n) is 3.85. The van der Waals surface area contributed by atoms with Gasteiger partial charge in [-0.05, 0) is 56.3 Å². The first kappa shape index (κ1) is 26.0. The minimum Gasteiger partial charge on any atom is -0.449 e. The fourth-order valence-corrected chi connectivity index (χ4v) is 3.85. The number of carbonyl (C=O) groups is 4. The zero-order valence-corrected chi connectivity index (χ0v) is 19.7. The van der Waals surface area contributed by atoms with Gasteiger partial charge in [-0.1, -0.05) is 6.07 Å². The number of carbonyl (C=O) groups excluding carboxylic acids is 3. The molecule has 0 saturated carbocycles. The Balaban J connectivity index is 1.47.